The third kappa shape index (κ3) is 7.32. The van der Waals surface area contributed by atoms with Gasteiger partial charge in [-0.3, -0.25) is 0 Å². The van der Waals surface area contributed by atoms with Crippen LogP contribution in [-0.2, 0) is 6.18 Å². The normalized spacial score (nSPS) is 12.8. The van der Waals surface area contributed by atoms with Gasteiger partial charge in [0.15, 0.2) is 0 Å². The molecule has 0 fully saturated rings. The van der Waals surface area contributed by atoms with E-state index in [4.69, 9.17) is 0 Å². The van der Waals surface area contributed by atoms with Crippen molar-refractivity contribution in [3.8, 4) is 0 Å². The van der Waals surface area contributed by atoms with Crippen LogP contribution in [0.3, 0.4) is 0 Å². The van der Waals surface area contributed by atoms with Gasteiger partial charge in [0, 0.05) is 0 Å². The Bertz CT molecular complexity index is 424. The van der Waals surface area contributed by atoms with Crippen molar-refractivity contribution < 1.29 is 13.2 Å². The summed E-state index contributed by atoms with van der Waals surface area (Å²) in [5, 5.41) is -0.663. The first-order valence-corrected chi connectivity index (χ1v) is 12.3. The van der Waals surface area contributed by atoms with Gasteiger partial charge in [0.05, 0.1) is 0 Å². The first-order chi connectivity index (χ1) is 10.9. The van der Waals surface area contributed by atoms with Crippen molar-refractivity contribution in [2.45, 2.75) is 88.2 Å². The van der Waals surface area contributed by atoms with Crippen LogP contribution in [0.2, 0.25) is 3.43 Å². The summed E-state index contributed by atoms with van der Waals surface area (Å²) in [6.07, 6.45) is 7.87. The van der Waals surface area contributed by atoms with Gasteiger partial charge in [-0.05, 0) is 0 Å². The number of hydrogen-bond acceptors (Lipinski definition) is 2. The Kier molecular flexibility index (Phi) is 9.49. The van der Waals surface area contributed by atoms with Crippen LogP contribution in [-0.4, -0.2) is 26.1 Å². The van der Waals surface area contributed by atoms with Gasteiger partial charge in [-0.15, -0.1) is 0 Å². The van der Waals surface area contributed by atoms with E-state index in [1.54, 1.807) is 0 Å². The summed E-state index contributed by atoms with van der Waals surface area (Å²) in [6, 6.07) is 0. The van der Waals surface area contributed by atoms with E-state index in [2.05, 4.69) is 25.8 Å². The third-order valence-corrected chi connectivity index (χ3v) is 11.3. The van der Waals surface area contributed by atoms with Crippen molar-refractivity contribution in [2.75, 3.05) is 0 Å². The molecule has 0 spiro atoms. The molecule has 0 unspecified atom stereocenters. The zero-order valence-corrected chi connectivity index (χ0v) is 18.1. The summed E-state index contributed by atoms with van der Waals surface area (Å²) >= 11 is -0.175. The van der Waals surface area contributed by atoms with Gasteiger partial charge < -0.3 is 0 Å². The molecular weight excluding hydrogens is 426 g/mol. The molecule has 1 nitrogen and oxygen atoms in total. The maximum absolute atomic E-state index is 12.8. The zero-order valence-electron chi connectivity index (χ0n) is 14.4. The van der Waals surface area contributed by atoms with Gasteiger partial charge in [-0.25, -0.2) is 0 Å². The second-order valence-electron chi connectivity index (χ2n) is 6.24. The zero-order chi connectivity index (χ0) is 17.3. The molecule has 1 aromatic heterocycles. The molecular formula is C17H28F3NSSn. The Morgan fingerprint density at radius 2 is 1.43 bits per heavy atom. The van der Waals surface area contributed by atoms with Crippen molar-refractivity contribution in [3.05, 3.63) is 11.2 Å². The van der Waals surface area contributed by atoms with Crippen molar-refractivity contribution in [1.82, 2.24) is 4.98 Å². The van der Waals surface area contributed by atoms with Gasteiger partial charge in [-0.1, -0.05) is 0 Å². The van der Waals surface area contributed by atoms with E-state index in [9.17, 15) is 13.2 Å². The second kappa shape index (κ2) is 10.3. The number of rotatable bonds is 11. The van der Waals surface area contributed by atoms with Crippen LogP contribution in [0, 0.1) is 0 Å². The fraction of sp³-hybridized carbons (Fsp3) is 0.824. The molecule has 0 saturated heterocycles. The first kappa shape index (κ1) is 21.3. The van der Waals surface area contributed by atoms with E-state index in [0.29, 0.717) is 3.43 Å². The number of thiazole rings is 1. The average Bonchev–Trinajstić information content (AvgIpc) is 2.97. The number of halogens is 3. The molecule has 0 atom stereocenters. The quantitative estimate of drug-likeness (QED) is 0.362. The average molecular weight is 454 g/mol. The Hall–Kier alpha value is 0.219. The molecule has 0 aliphatic rings. The Morgan fingerprint density at radius 3 is 1.78 bits per heavy atom. The van der Waals surface area contributed by atoms with E-state index in [1.165, 1.54) is 44.7 Å². The van der Waals surface area contributed by atoms with E-state index in [0.717, 1.165) is 33.5 Å². The molecule has 1 heterocycles. The van der Waals surface area contributed by atoms with Gasteiger partial charge in [-0.2, -0.15) is 0 Å². The molecule has 1 aromatic rings. The topological polar surface area (TPSA) is 12.9 Å². The SMILES string of the molecule is CCCC[C](CCCC)(CCCC)[Sn][c]1cnc(C(F)(F)F)s1. The number of alkyl halides is 3. The van der Waals surface area contributed by atoms with Crippen LogP contribution in [0.1, 0.15) is 83.6 Å². The van der Waals surface area contributed by atoms with Crippen LogP contribution in [0.15, 0.2) is 6.20 Å². The predicted molar refractivity (Wildman–Crippen MR) is 93.8 cm³/mol. The molecule has 0 saturated carbocycles. The minimum atomic E-state index is -4.29. The van der Waals surface area contributed by atoms with Crippen LogP contribution in [0.5, 0.6) is 0 Å². The predicted octanol–water partition coefficient (Wildman–Crippen LogP) is 6.22. The van der Waals surface area contributed by atoms with Gasteiger partial charge in [0.1, 0.15) is 0 Å². The molecule has 23 heavy (non-hydrogen) atoms. The van der Waals surface area contributed by atoms with E-state index in [1.807, 2.05) is 0 Å². The molecule has 0 amide bonds. The summed E-state index contributed by atoms with van der Waals surface area (Å²) in [6.45, 7) is 6.59. The molecule has 132 valence electrons. The first-order valence-electron chi connectivity index (χ1n) is 8.68. The summed E-state index contributed by atoms with van der Waals surface area (Å²) < 4.78 is 39.7. The summed E-state index contributed by atoms with van der Waals surface area (Å²) in [4.78, 5) is 3.65. The third-order valence-electron chi connectivity index (χ3n) is 4.16. The van der Waals surface area contributed by atoms with Gasteiger partial charge in [0.2, 0.25) is 0 Å². The molecule has 0 bridgehead atoms. The molecule has 0 N–H and O–H groups in total. The van der Waals surface area contributed by atoms with Crippen molar-refractivity contribution in [2.24, 2.45) is 0 Å². The number of hydrogen-bond donors (Lipinski definition) is 0. The van der Waals surface area contributed by atoms with Crippen molar-refractivity contribution in [1.29, 1.82) is 0 Å². The number of unbranched alkanes of at least 4 members (excludes halogenated alkanes) is 3. The molecule has 0 aromatic carbocycles. The Labute approximate surface area is 152 Å². The van der Waals surface area contributed by atoms with E-state index >= 15 is 0 Å². The fourth-order valence-corrected chi connectivity index (χ4v) is 10.6. The van der Waals surface area contributed by atoms with E-state index in [-0.39, 0.29) is 0 Å². The maximum atomic E-state index is 12.8. The number of nitrogens with zero attached hydrogens (tertiary/aromatic N) is 1. The molecule has 1 rings (SSSR count). The summed E-state index contributed by atoms with van der Waals surface area (Å²) in [5.74, 6) is 0. The van der Waals surface area contributed by atoms with Gasteiger partial charge >= 0.3 is 153 Å². The minimum absolute atomic E-state index is 0.320. The monoisotopic (exact) mass is 455 g/mol. The van der Waals surface area contributed by atoms with Crippen molar-refractivity contribution >= 4 is 35.4 Å². The van der Waals surface area contributed by atoms with Crippen LogP contribution in [0.25, 0.3) is 0 Å². The van der Waals surface area contributed by atoms with E-state index < -0.39 is 32.3 Å². The Morgan fingerprint density at radius 1 is 0.957 bits per heavy atom. The summed E-state index contributed by atoms with van der Waals surface area (Å²) in [7, 11) is 0. The standard InChI is InChI=1S/C13H27.C4HF3NS.Sn/c1-4-7-10-13(11-8-5-2)12-9-6-3;5-4(6,7)3-8-1-2-9-3;/h4-12H2,1-3H3;1H;. The van der Waals surface area contributed by atoms with Crippen molar-refractivity contribution in [3.63, 3.8) is 0 Å². The van der Waals surface area contributed by atoms with Crippen LogP contribution < -0.4 is 2.89 Å². The van der Waals surface area contributed by atoms with Gasteiger partial charge in [0.25, 0.3) is 0 Å². The second-order valence-corrected chi connectivity index (χ2v) is 13.6. The summed E-state index contributed by atoms with van der Waals surface area (Å²) in [5.41, 5.74) is 0. The fourth-order valence-electron chi connectivity index (χ4n) is 2.83. The Balaban J connectivity index is 2.93. The molecule has 6 heteroatoms. The molecule has 0 aliphatic heterocycles. The molecule has 2 radical (unpaired) electrons. The van der Waals surface area contributed by atoms with Crippen LogP contribution >= 0.6 is 11.3 Å². The van der Waals surface area contributed by atoms with Crippen LogP contribution in [0.4, 0.5) is 13.2 Å². The number of aromatic nitrogens is 1. The molecule has 0 aliphatic carbocycles.